The molecule has 19 heavy (non-hydrogen) atoms. The fraction of sp³-hybridized carbons (Fsp3) is 0.154. The molecule has 0 aliphatic heterocycles. The number of furan rings is 1. The van der Waals surface area contributed by atoms with E-state index in [4.69, 9.17) is 10.2 Å². The summed E-state index contributed by atoms with van der Waals surface area (Å²) in [4.78, 5) is 3.76. The Morgan fingerprint density at radius 2 is 2.05 bits per heavy atom. The van der Waals surface area contributed by atoms with Gasteiger partial charge in [-0.3, -0.25) is 4.99 Å². The van der Waals surface area contributed by atoms with Gasteiger partial charge >= 0.3 is 0 Å². The van der Waals surface area contributed by atoms with Crippen molar-refractivity contribution in [3.05, 3.63) is 48.0 Å². The lowest BCUT2D eigenvalue weighted by Gasteiger charge is -2.02. The Bertz CT molecular complexity index is 569. The van der Waals surface area contributed by atoms with Crippen LogP contribution in [0.15, 0.2) is 45.8 Å². The molecule has 0 atom stereocenters. The molecular formula is C13H15FIN3O. The molecule has 2 aromatic rings. The number of guanidine groups is 1. The maximum atomic E-state index is 13.5. The molecular weight excluding hydrogens is 360 g/mol. The lowest BCUT2D eigenvalue weighted by molar-refractivity contribution is 0.510. The first-order valence-corrected chi connectivity index (χ1v) is 5.50. The van der Waals surface area contributed by atoms with Crippen molar-refractivity contribution < 1.29 is 8.81 Å². The fourth-order valence-corrected chi connectivity index (χ4v) is 1.54. The van der Waals surface area contributed by atoms with Crippen molar-refractivity contribution in [1.82, 2.24) is 5.32 Å². The molecule has 1 heterocycles. The van der Waals surface area contributed by atoms with Gasteiger partial charge in [0.25, 0.3) is 0 Å². The van der Waals surface area contributed by atoms with Gasteiger partial charge in [-0.15, -0.1) is 24.0 Å². The second-order valence-corrected chi connectivity index (χ2v) is 3.71. The maximum Gasteiger partial charge on any atom is 0.188 e. The van der Waals surface area contributed by atoms with Crippen LogP contribution in [0, 0.1) is 5.82 Å². The quantitative estimate of drug-likeness (QED) is 0.493. The zero-order chi connectivity index (χ0) is 13.0. The molecule has 0 amide bonds. The third-order valence-corrected chi connectivity index (χ3v) is 2.49. The molecule has 2 rings (SSSR count). The minimum Gasteiger partial charge on any atom is -0.459 e. The van der Waals surface area contributed by atoms with Crippen LogP contribution in [0.1, 0.15) is 5.76 Å². The topological polar surface area (TPSA) is 63.5 Å². The van der Waals surface area contributed by atoms with E-state index in [1.165, 1.54) is 6.07 Å². The van der Waals surface area contributed by atoms with Crippen LogP contribution in [0.25, 0.3) is 11.3 Å². The maximum absolute atomic E-state index is 13.5. The van der Waals surface area contributed by atoms with Gasteiger partial charge in [0.1, 0.15) is 17.3 Å². The SMILES string of the molecule is CN=C(N)NCc1ccc(-c2ccccc2F)o1.I. The molecule has 0 aliphatic rings. The first-order chi connectivity index (χ1) is 8.70. The van der Waals surface area contributed by atoms with Crippen molar-refractivity contribution in [2.24, 2.45) is 10.7 Å². The van der Waals surface area contributed by atoms with Gasteiger partial charge < -0.3 is 15.5 Å². The lowest BCUT2D eigenvalue weighted by Crippen LogP contribution is -2.30. The van der Waals surface area contributed by atoms with Gasteiger partial charge in [0, 0.05) is 7.05 Å². The summed E-state index contributed by atoms with van der Waals surface area (Å²) >= 11 is 0. The molecule has 4 nitrogen and oxygen atoms in total. The van der Waals surface area contributed by atoms with Crippen molar-refractivity contribution in [2.45, 2.75) is 6.54 Å². The Balaban J connectivity index is 0.00000180. The highest BCUT2D eigenvalue weighted by atomic mass is 127. The third kappa shape index (κ3) is 3.95. The molecule has 1 aromatic heterocycles. The summed E-state index contributed by atoms with van der Waals surface area (Å²) < 4.78 is 19.1. The smallest absolute Gasteiger partial charge is 0.188 e. The van der Waals surface area contributed by atoms with Crippen LogP contribution in [0.5, 0.6) is 0 Å². The van der Waals surface area contributed by atoms with Gasteiger partial charge in [-0.1, -0.05) is 12.1 Å². The van der Waals surface area contributed by atoms with Crippen LogP contribution >= 0.6 is 24.0 Å². The highest BCUT2D eigenvalue weighted by molar-refractivity contribution is 14.0. The molecule has 0 bridgehead atoms. The predicted molar refractivity (Wildman–Crippen MR) is 83.9 cm³/mol. The predicted octanol–water partition coefficient (Wildman–Crippen LogP) is 2.74. The van der Waals surface area contributed by atoms with Crippen LogP contribution < -0.4 is 11.1 Å². The summed E-state index contributed by atoms with van der Waals surface area (Å²) in [5.41, 5.74) is 5.95. The van der Waals surface area contributed by atoms with E-state index in [2.05, 4.69) is 10.3 Å². The highest BCUT2D eigenvalue weighted by Crippen LogP contribution is 2.24. The summed E-state index contributed by atoms with van der Waals surface area (Å²) in [5.74, 6) is 1.19. The molecule has 0 saturated carbocycles. The number of aliphatic imine (C=N–C) groups is 1. The van der Waals surface area contributed by atoms with E-state index in [9.17, 15) is 4.39 Å². The molecule has 0 saturated heterocycles. The molecule has 1 aromatic carbocycles. The molecule has 0 unspecified atom stereocenters. The second-order valence-electron chi connectivity index (χ2n) is 3.71. The van der Waals surface area contributed by atoms with Gasteiger partial charge in [0.15, 0.2) is 5.96 Å². The third-order valence-electron chi connectivity index (χ3n) is 2.49. The van der Waals surface area contributed by atoms with Crippen molar-refractivity contribution in [3.63, 3.8) is 0 Å². The summed E-state index contributed by atoms with van der Waals surface area (Å²) in [6.45, 7) is 0.414. The molecule has 6 heteroatoms. The largest absolute Gasteiger partial charge is 0.459 e. The van der Waals surface area contributed by atoms with Crippen molar-refractivity contribution >= 4 is 29.9 Å². The second kappa shape index (κ2) is 7.13. The fourth-order valence-electron chi connectivity index (χ4n) is 1.54. The number of benzene rings is 1. The summed E-state index contributed by atoms with van der Waals surface area (Å²) in [7, 11) is 1.59. The summed E-state index contributed by atoms with van der Waals surface area (Å²) in [6, 6.07) is 9.99. The van der Waals surface area contributed by atoms with E-state index in [0.29, 0.717) is 29.6 Å². The molecule has 0 spiro atoms. The first kappa shape index (κ1) is 15.5. The van der Waals surface area contributed by atoms with Gasteiger partial charge in [-0.2, -0.15) is 0 Å². The van der Waals surface area contributed by atoms with Crippen LogP contribution in [-0.2, 0) is 6.54 Å². The van der Waals surface area contributed by atoms with Crippen LogP contribution in [0.4, 0.5) is 4.39 Å². The van der Waals surface area contributed by atoms with Gasteiger partial charge in [0.05, 0.1) is 12.1 Å². The Labute approximate surface area is 127 Å². The molecule has 0 fully saturated rings. The Morgan fingerprint density at radius 3 is 2.74 bits per heavy atom. The molecule has 3 N–H and O–H groups in total. The average molecular weight is 375 g/mol. The molecule has 0 aliphatic carbocycles. The number of nitrogens with one attached hydrogen (secondary N) is 1. The van der Waals surface area contributed by atoms with E-state index in [1.807, 2.05) is 0 Å². The lowest BCUT2D eigenvalue weighted by atomic mass is 10.1. The van der Waals surface area contributed by atoms with E-state index < -0.39 is 0 Å². The minimum atomic E-state index is -0.305. The number of hydrogen-bond acceptors (Lipinski definition) is 2. The van der Waals surface area contributed by atoms with Crippen LogP contribution in [0.2, 0.25) is 0 Å². The monoisotopic (exact) mass is 375 g/mol. The summed E-state index contributed by atoms with van der Waals surface area (Å²) in [5, 5.41) is 2.87. The zero-order valence-electron chi connectivity index (χ0n) is 10.4. The molecule has 102 valence electrons. The van der Waals surface area contributed by atoms with Gasteiger partial charge in [0.2, 0.25) is 0 Å². The zero-order valence-corrected chi connectivity index (χ0v) is 12.7. The molecule has 0 radical (unpaired) electrons. The number of rotatable bonds is 3. The summed E-state index contributed by atoms with van der Waals surface area (Å²) in [6.07, 6.45) is 0. The van der Waals surface area contributed by atoms with E-state index in [0.717, 1.165) is 0 Å². The number of nitrogens with two attached hydrogens (primary N) is 1. The normalized spacial score (nSPS) is 10.9. The standard InChI is InChI=1S/C13H14FN3O.HI/c1-16-13(15)17-8-9-6-7-12(18-9)10-4-2-3-5-11(10)14;/h2-7H,8H2,1H3,(H3,15,16,17);1H. The van der Waals surface area contributed by atoms with Crippen LogP contribution in [0.3, 0.4) is 0 Å². The number of halogens is 2. The first-order valence-electron chi connectivity index (χ1n) is 5.50. The van der Waals surface area contributed by atoms with Crippen LogP contribution in [-0.4, -0.2) is 13.0 Å². The van der Waals surface area contributed by atoms with E-state index in [-0.39, 0.29) is 29.8 Å². The van der Waals surface area contributed by atoms with E-state index >= 15 is 0 Å². The van der Waals surface area contributed by atoms with Gasteiger partial charge in [-0.25, -0.2) is 4.39 Å². The number of nitrogens with zero attached hydrogens (tertiary/aromatic N) is 1. The Kier molecular flexibility index (Phi) is 5.81. The van der Waals surface area contributed by atoms with Gasteiger partial charge in [-0.05, 0) is 24.3 Å². The highest BCUT2D eigenvalue weighted by Gasteiger charge is 2.08. The minimum absolute atomic E-state index is 0. The average Bonchev–Trinajstić information content (AvgIpc) is 2.85. The Morgan fingerprint density at radius 1 is 1.32 bits per heavy atom. The Hall–Kier alpha value is -1.57. The number of hydrogen-bond donors (Lipinski definition) is 2. The van der Waals surface area contributed by atoms with E-state index in [1.54, 1.807) is 37.4 Å². The van der Waals surface area contributed by atoms with Crippen molar-refractivity contribution in [2.75, 3.05) is 7.05 Å². The van der Waals surface area contributed by atoms with Crippen molar-refractivity contribution in [3.8, 4) is 11.3 Å². The van der Waals surface area contributed by atoms with Crippen molar-refractivity contribution in [1.29, 1.82) is 0 Å².